The summed E-state index contributed by atoms with van der Waals surface area (Å²) < 4.78 is 4.96. The largest absolute Gasteiger partial charge is 0.481 e. The number of hydrogen-bond acceptors (Lipinski definition) is 4. The maximum atomic E-state index is 12.3. The molecule has 6 nitrogen and oxygen atoms in total. The van der Waals surface area contributed by atoms with Crippen molar-refractivity contribution in [2.45, 2.75) is 31.7 Å². The van der Waals surface area contributed by atoms with Crippen molar-refractivity contribution < 1.29 is 14.3 Å². The smallest absolute Gasteiger partial charge is 0.313 e. The van der Waals surface area contributed by atoms with Gasteiger partial charge in [0.2, 0.25) is 5.88 Å². The molecule has 1 aliphatic rings. The van der Waals surface area contributed by atoms with Crippen LogP contribution < -0.4 is 15.4 Å². The molecule has 2 aromatic rings. The van der Waals surface area contributed by atoms with Gasteiger partial charge in [-0.15, -0.1) is 0 Å². The number of amides is 2. The van der Waals surface area contributed by atoms with E-state index in [1.54, 1.807) is 12.1 Å². The lowest BCUT2D eigenvalue weighted by Crippen LogP contribution is -2.37. The summed E-state index contributed by atoms with van der Waals surface area (Å²) in [6, 6.07) is 11.2. The first-order valence-corrected chi connectivity index (χ1v) is 8.37. The molecule has 6 heteroatoms. The molecule has 25 heavy (non-hydrogen) atoms. The number of pyridine rings is 1. The van der Waals surface area contributed by atoms with Crippen molar-refractivity contribution in [1.82, 2.24) is 10.3 Å². The summed E-state index contributed by atoms with van der Waals surface area (Å²) >= 11 is 0. The van der Waals surface area contributed by atoms with Gasteiger partial charge in [-0.25, -0.2) is 4.98 Å². The van der Waals surface area contributed by atoms with E-state index in [9.17, 15) is 9.59 Å². The summed E-state index contributed by atoms with van der Waals surface area (Å²) in [5, 5.41) is 5.41. The number of aromatic nitrogens is 1. The summed E-state index contributed by atoms with van der Waals surface area (Å²) in [5.41, 5.74) is 2.79. The molecule has 1 atom stereocenters. The first kappa shape index (κ1) is 17.0. The Kier molecular flexibility index (Phi) is 5.28. The number of fused-ring (bicyclic) bond motifs is 1. The number of carbonyl (C=O) groups excluding carboxylic acids is 2. The lowest BCUT2D eigenvalue weighted by Gasteiger charge is -2.19. The van der Waals surface area contributed by atoms with Crippen molar-refractivity contribution >= 4 is 17.5 Å². The van der Waals surface area contributed by atoms with Gasteiger partial charge in [-0.05, 0) is 36.5 Å². The maximum absolute atomic E-state index is 12.3. The molecule has 1 aromatic carbocycles. The van der Waals surface area contributed by atoms with Gasteiger partial charge < -0.3 is 15.4 Å². The molecule has 1 aromatic heterocycles. The fourth-order valence-electron chi connectivity index (χ4n) is 3.06. The second-order valence-electron chi connectivity index (χ2n) is 6.01. The average Bonchev–Trinajstić information content (AvgIpc) is 2.85. The predicted octanol–water partition coefficient (Wildman–Crippen LogP) is 2.61. The van der Waals surface area contributed by atoms with Crippen molar-refractivity contribution in [3.8, 4) is 5.88 Å². The molecule has 2 N–H and O–H groups in total. The van der Waals surface area contributed by atoms with Gasteiger partial charge in [0.05, 0.1) is 25.0 Å². The number of methoxy groups -OCH3 is 1. The molecule has 2 amide bonds. The van der Waals surface area contributed by atoms with Crippen LogP contribution in [0.3, 0.4) is 0 Å². The fourth-order valence-corrected chi connectivity index (χ4v) is 3.06. The van der Waals surface area contributed by atoms with E-state index in [0.717, 1.165) is 31.2 Å². The van der Waals surface area contributed by atoms with Crippen molar-refractivity contribution in [1.29, 1.82) is 0 Å². The van der Waals surface area contributed by atoms with Crippen LogP contribution >= 0.6 is 0 Å². The highest BCUT2D eigenvalue weighted by atomic mass is 16.5. The van der Waals surface area contributed by atoms with Crippen LogP contribution in [0.5, 0.6) is 5.88 Å². The Labute approximate surface area is 146 Å². The SMILES string of the molecule is COc1ccc(NC(=O)C(=O)NC2CCCCc3ccccc32)cn1. The van der Waals surface area contributed by atoms with E-state index < -0.39 is 11.8 Å². The van der Waals surface area contributed by atoms with Crippen LogP contribution in [0.4, 0.5) is 5.69 Å². The average molecular weight is 339 g/mol. The highest BCUT2D eigenvalue weighted by Gasteiger charge is 2.23. The monoisotopic (exact) mass is 339 g/mol. The maximum Gasteiger partial charge on any atom is 0.313 e. The number of nitrogens with zero attached hydrogens (tertiary/aromatic N) is 1. The topological polar surface area (TPSA) is 80.3 Å². The third kappa shape index (κ3) is 4.15. The lowest BCUT2D eigenvalue weighted by molar-refractivity contribution is -0.136. The van der Waals surface area contributed by atoms with Crippen LogP contribution in [-0.4, -0.2) is 23.9 Å². The van der Waals surface area contributed by atoms with Crippen molar-refractivity contribution in [2.75, 3.05) is 12.4 Å². The molecule has 3 rings (SSSR count). The zero-order chi connectivity index (χ0) is 17.6. The van der Waals surface area contributed by atoms with Gasteiger partial charge >= 0.3 is 11.8 Å². The number of anilines is 1. The van der Waals surface area contributed by atoms with Gasteiger partial charge in [0.1, 0.15) is 0 Å². The summed E-state index contributed by atoms with van der Waals surface area (Å²) in [4.78, 5) is 28.4. The third-order valence-electron chi connectivity index (χ3n) is 4.33. The van der Waals surface area contributed by atoms with Crippen molar-refractivity contribution in [2.24, 2.45) is 0 Å². The highest BCUT2D eigenvalue weighted by Crippen LogP contribution is 2.28. The Bertz CT molecular complexity index is 759. The normalized spacial score (nSPS) is 16.3. The van der Waals surface area contributed by atoms with Crippen LogP contribution in [0.25, 0.3) is 0 Å². The Morgan fingerprint density at radius 1 is 1.12 bits per heavy atom. The molecule has 0 aliphatic heterocycles. The second-order valence-corrected chi connectivity index (χ2v) is 6.01. The molecular weight excluding hydrogens is 318 g/mol. The molecule has 0 spiro atoms. The lowest BCUT2D eigenvalue weighted by atomic mass is 9.99. The van der Waals surface area contributed by atoms with E-state index in [-0.39, 0.29) is 6.04 Å². The number of ether oxygens (including phenoxy) is 1. The van der Waals surface area contributed by atoms with E-state index in [0.29, 0.717) is 11.6 Å². The Morgan fingerprint density at radius 3 is 2.72 bits per heavy atom. The Hall–Kier alpha value is -2.89. The number of hydrogen-bond donors (Lipinski definition) is 2. The van der Waals surface area contributed by atoms with Gasteiger partial charge in [0.25, 0.3) is 0 Å². The minimum absolute atomic E-state index is 0.133. The molecule has 0 saturated carbocycles. The van der Waals surface area contributed by atoms with Crippen LogP contribution in [0, 0.1) is 0 Å². The highest BCUT2D eigenvalue weighted by molar-refractivity contribution is 6.39. The zero-order valence-corrected chi connectivity index (χ0v) is 14.1. The van der Waals surface area contributed by atoms with Gasteiger partial charge in [-0.3, -0.25) is 9.59 Å². The van der Waals surface area contributed by atoms with Crippen LogP contribution in [-0.2, 0) is 16.0 Å². The number of nitrogens with one attached hydrogen (secondary N) is 2. The first-order valence-electron chi connectivity index (χ1n) is 8.37. The number of aryl methyl sites for hydroxylation is 1. The van der Waals surface area contributed by atoms with E-state index in [1.807, 2.05) is 18.2 Å². The van der Waals surface area contributed by atoms with Crippen LogP contribution in [0.2, 0.25) is 0 Å². The molecule has 0 bridgehead atoms. The zero-order valence-electron chi connectivity index (χ0n) is 14.1. The van der Waals surface area contributed by atoms with Gasteiger partial charge in [0, 0.05) is 6.07 Å². The third-order valence-corrected chi connectivity index (χ3v) is 4.33. The minimum atomic E-state index is -0.700. The van der Waals surface area contributed by atoms with E-state index in [4.69, 9.17) is 4.74 Å². The minimum Gasteiger partial charge on any atom is -0.481 e. The second kappa shape index (κ2) is 7.79. The molecule has 0 fully saturated rings. The molecule has 1 heterocycles. The van der Waals surface area contributed by atoms with Gasteiger partial charge in [-0.1, -0.05) is 30.7 Å². The summed E-state index contributed by atoms with van der Waals surface area (Å²) in [6.45, 7) is 0. The summed E-state index contributed by atoms with van der Waals surface area (Å²) in [7, 11) is 1.51. The van der Waals surface area contributed by atoms with E-state index >= 15 is 0 Å². The molecule has 1 unspecified atom stereocenters. The quantitative estimate of drug-likeness (QED) is 0.665. The number of rotatable bonds is 3. The standard InChI is InChI=1S/C19H21N3O3/c1-25-17-11-10-14(12-20-17)21-18(23)19(24)22-16-9-5-3-7-13-6-2-4-8-15(13)16/h2,4,6,8,10-12,16H,3,5,7,9H2,1H3,(H,21,23)(H,22,24). The van der Waals surface area contributed by atoms with Gasteiger partial charge in [-0.2, -0.15) is 0 Å². The van der Waals surface area contributed by atoms with E-state index in [2.05, 4.69) is 21.7 Å². The molecule has 0 radical (unpaired) electrons. The van der Waals surface area contributed by atoms with E-state index in [1.165, 1.54) is 18.9 Å². The Balaban J connectivity index is 1.65. The molecule has 130 valence electrons. The molecule has 0 saturated heterocycles. The van der Waals surface area contributed by atoms with Crippen molar-refractivity contribution in [3.05, 3.63) is 53.7 Å². The van der Waals surface area contributed by atoms with Gasteiger partial charge in [0.15, 0.2) is 0 Å². The van der Waals surface area contributed by atoms with Crippen LogP contribution in [0.1, 0.15) is 36.4 Å². The van der Waals surface area contributed by atoms with Crippen LogP contribution in [0.15, 0.2) is 42.6 Å². The summed E-state index contributed by atoms with van der Waals surface area (Å²) in [5.74, 6) is -0.899. The Morgan fingerprint density at radius 2 is 1.96 bits per heavy atom. The summed E-state index contributed by atoms with van der Waals surface area (Å²) in [6.07, 6.45) is 5.40. The molecular formula is C19H21N3O3. The van der Waals surface area contributed by atoms with Crippen molar-refractivity contribution in [3.63, 3.8) is 0 Å². The first-order chi connectivity index (χ1) is 12.2. The fraction of sp³-hybridized carbons (Fsp3) is 0.316. The number of carbonyl (C=O) groups is 2. The predicted molar refractivity (Wildman–Crippen MR) is 94.3 cm³/mol. The number of benzene rings is 1. The molecule has 1 aliphatic carbocycles.